The van der Waals surface area contributed by atoms with E-state index in [2.05, 4.69) is 0 Å². The summed E-state index contributed by atoms with van der Waals surface area (Å²) in [4.78, 5) is 0.270. The number of sulfonamides is 1. The minimum absolute atomic E-state index is 0.251. The maximum atomic E-state index is 12.8. The van der Waals surface area contributed by atoms with Gasteiger partial charge in [0.1, 0.15) is 0 Å². The monoisotopic (exact) mass is 349 g/mol. The fraction of sp³-hybridized carbons (Fsp3) is 0.600. The summed E-state index contributed by atoms with van der Waals surface area (Å²) >= 11 is 11.9. The summed E-state index contributed by atoms with van der Waals surface area (Å²) < 4.78 is 27.0. The average molecular weight is 350 g/mol. The molecule has 2 rings (SSSR count). The maximum Gasteiger partial charge on any atom is 0.243 e. The molecular weight excluding hydrogens is 329 g/mol. The topological polar surface area (TPSA) is 37.4 Å². The molecule has 1 aliphatic rings. The van der Waals surface area contributed by atoms with E-state index in [1.165, 1.54) is 23.2 Å². The number of hydrogen-bond donors (Lipinski definition) is 0. The van der Waals surface area contributed by atoms with Crippen molar-refractivity contribution in [1.29, 1.82) is 0 Å². The second kappa shape index (κ2) is 6.86. The normalized spacial score (nSPS) is 16.8. The third-order valence-corrected chi connectivity index (χ3v) is 6.71. The van der Waals surface area contributed by atoms with Gasteiger partial charge in [0.15, 0.2) is 0 Å². The van der Waals surface area contributed by atoms with E-state index >= 15 is 0 Å². The third-order valence-electron chi connectivity index (χ3n) is 4.25. The van der Waals surface area contributed by atoms with Crippen LogP contribution in [-0.4, -0.2) is 26.3 Å². The van der Waals surface area contributed by atoms with E-state index in [0.717, 1.165) is 18.4 Å². The fourth-order valence-electron chi connectivity index (χ4n) is 2.94. The molecule has 0 amide bonds. The van der Waals surface area contributed by atoms with E-state index in [-0.39, 0.29) is 10.8 Å². The first-order chi connectivity index (χ1) is 9.86. The van der Waals surface area contributed by atoms with Crippen molar-refractivity contribution in [3.05, 3.63) is 28.3 Å². The number of rotatable bonds is 5. The van der Waals surface area contributed by atoms with Crippen molar-refractivity contribution in [2.24, 2.45) is 5.92 Å². The molecule has 6 heteroatoms. The van der Waals surface area contributed by atoms with Gasteiger partial charge in [0.2, 0.25) is 10.0 Å². The van der Waals surface area contributed by atoms with Crippen LogP contribution >= 0.6 is 23.2 Å². The van der Waals surface area contributed by atoms with Crippen molar-refractivity contribution >= 4 is 33.2 Å². The van der Waals surface area contributed by atoms with E-state index in [4.69, 9.17) is 23.2 Å². The van der Waals surface area contributed by atoms with Crippen molar-refractivity contribution < 1.29 is 8.42 Å². The van der Waals surface area contributed by atoms with Gasteiger partial charge in [-0.1, -0.05) is 24.4 Å². The predicted molar refractivity (Wildman–Crippen MR) is 87.5 cm³/mol. The minimum Gasteiger partial charge on any atom is -0.207 e. The Hall–Kier alpha value is -0.290. The van der Waals surface area contributed by atoms with Crippen LogP contribution in [0.15, 0.2) is 17.0 Å². The van der Waals surface area contributed by atoms with Crippen LogP contribution < -0.4 is 0 Å². The average Bonchev–Trinajstić information content (AvgIpc) is 2.93. The van der Waals surface area contributed by atoms with E-state index in [1.54, 1.807) is 20.0 Å². The molecular formula is C15H21Cl2NO2S. The van der Waals surface area contributed by atoms with Crippen LogP contribution in [0.25, 0.3) is 0 Å². The first-order valence-corrected chi connectivity index (χ1v) is 9.53. The maximum absolute atomic E-state index is 12.8. The second-order valence-electron chi connectivity index (χ2n) is 5.76. The molecule has 0 radical (unpaired) electrons. The highest BCUT2D eigenvalue weighted by Crippen LogP contribution is 2.30. The molecule has 0 unspecified atom stereocenters. The number of hydrogen-bond acceptors (Lipinski definition) is 2. The minimum atomic E-state index is -3.52. The molecule has 1 saturated carbocycles. The Balaban J connectivity index is 2.32. The van der Waals surface area contributed by atoms with E-state index in [9.17, 15) is 8.42 Å². The summed E-state index contributed by atoms with van der Waals surface area (Å²) in [7, 11) is -1.87. The van der Waals surface area contributed by atoms with Gasteiger partial charge in [-0.25, -0.2) is 12.7 Å². The number of alkyl halides is 1. The lowest BCUT2D eigenvalue weighted by Crippen LogP contribution is -2.31. The lowest BCUT2D eigenvalue weighted by molar-refractivity contribution is 0.387. The van der Waals surface area contributed by atoms with Gasteiger partial charge in [-0.15, -0.1) is 11.6 Å². The van der Waals surface area contributed by atoms with Crippen molar-refractivity contribution in [1.82, 2.24) is 4.31 Å². The first kappa shape index (κ1) is 17.1. The van der Waals surface area contributed by atoms with Gasteiger partial charge >= 0.3 is 0 Å². The molecule has 3 nitrogen and oxygen atoms in total. The second-order valence-corrected chi connectivity index (χ2v) is 8.47. The lowest BCUT2D eigenvalue weighted by Gasteiger charge is -2.22. The summed E-state index contributed by atoms with van der Waals surface area (Å²) in [6.07, 6.45) is 4.62. The first-order valence-electron chi connectivity index (χ1n) is 7.17. The van der Waals surface area contributed by atoms with Crippen LogP contribution in [0.2, 0.25) is 5.02 Å². The summed E-state index contributed by atoms with van der Waals surface area (Å²) in [5.74, 6) is 0.720. The summed E-state index contributed by atoms with van der Waals surface area (Å²) in [6, 6.07) is 3.24. The number of benzene rings is 1. The Morgan fingerprint density at radius 3 is 2.48 bits per heavy atom. The summed E-state index contributed by atoms with van der Waals surface area (Å²) in [6.45, 7) is 2.36. The predicted octanol–water partition coefficient (Wildman–Crippen LogP) is 4.20. The molecule has 0 bridgehead atoms. The van der Waals surface area contributed by atoms with Gasteiger partial charge in [0.25, 0.3) is 0 Å². The van der Waals surface area contributed by atoms with Gasteiger partial charge in [-0.2, -0.15) is 0 Å². The van der Waals surface area contributed by atoms with Gasteiger partial charge in [0.05, 0.1) is 4.90 Å². The molecule has 0 aliphatic heterocycles. The van der Waals surface area contributed by atoms with Crippen molar-refractivity contribution in [2.45, 2.75) is 43.4 Å². The quantitative estimate of drug-likeness (QED) is 0.747. The van der Waals surface area contributed by atoms with Crippen LogP contribution in [0.1, 0.15) is 36.8 Å². The highest BCUT2D eigenvalue weighted by molar-refractivity contribution is 7.89. The van der Waals surface area contributed by atoms with Crippen LogP contribution in [0, 0.1) is 12.8 Å². The largest absolute Gasteiger partial charge is 0.243 e. The molecule has 0 heterocycles. The Kier molecular flexibility index (Phi) is 5.58. The molecule has 0 aromatic heterocycles. The highest BCUT2D eigenvalue weighted by Gasteiger charge is 2.27. The van der Waals surface area contributed by atoms with E-state index < -0.39 is 10.0 Å². The zero-order valence-corrected chi connectivity index (χ0v) is 14.7. The third kappa shape index (κ3) is 3.73. The van der Waals surface area contributed by atoms with Crippen LogP contribution in [0.3, 0.4) is 0 Å². The lowest BCUT2D eigenvalue weighted by atomic mass is 10.1. The van der Waals surface area contributed by atoms with Crippen LogP contribution in [-0.2, 0) is 15.9 Å². The van der Waals surface area contributed by atoms with Crippen LogP contribution in [0.4, 0.5) is 0 Å². The van der Waals surface area contributed by atoms with Crippen molar-refractivity contribution in [2.75, 3.05) is 13.6 Å². The Morgan fingerprint density at radius 1 is 1.29 bits per heavy atom. The Morgan fingerprint density at radius 2 is 1.90 bits per heavy atom. The van der Waals surface area contributed by atoms with Crippen molar-refractivity contribution in [3.63, 3.8) is 0 Å². The van der Waals surface area contributed by atoms with E-state index in [0.29, 0.717) is 23.0 Å². The fourth-order valence-corrected chi connectivity index (χ4v) is 5.06. The molecule has 1 aromatic carbocycles. The molecule has 0 N–H and O–H groups in total. The Labute approximate surface area is 137 Å². The molecule has 0 spiro atoms. The molecule has 118 valence electrons. The number of nitrogens with zero attached hydrogens (tertiary/aromatic N) is 1. The Bertz CT molecular complexity index is 610. The standard InChI is InChI=1S/C15H21Cl2NO2S/c1-11-13(9-16)7-14(17)8-15(11)21(19,20)18(2)10-12-5-3-4-6-12/h7-8,12H,3-6,9-10H2,1-2H3. The zero-order valence-electron chi connectivity index (χ0n) is 12.4. The molecule has 0 atom stereocenters. The molecule has 1 fully saturated rings. The zero-order chi connectivity index (χ0) is 15.6. The van der Waals surface area contributed by atoms with Gasteiger partial charge < -0.3 is 0 Å². The number of halogens is 2. The molecule has 1 aliphatic carbocycles. The summed E-state index contributed by atoms with van der Waals surface area (Å²) in [5, 5.41) is 0.407. The molecule has 21 heavy (non-hydrogen) atoms. The SMILES string of the molecule is Cc1c(CCl)cc(Cl)cc1S(=O)(=O)N(C)CC1CCCC1. The van der Waals surface area contributed by atoms with Crippen molar-refractivity contribution in [3.8, 4) is 0 Å². The van der Waals surface area contributed by atoms with E-state index in [1.807, 2.05) is 0 Å². The van der Waals surface area contributed by atoms with Gasteiger partial charge in [-0.05, 0) is 48.9 Å². The highest BCUT2D eigenvalue weighted by atomic mass is 35.5. The molecule has 0 saturated heterocycles. The van der Waals surface area contributed by atoms with Gasteiger partial charge in [0, 0.05) is 24.5 Å². The summed E-state index contributed by atoms with van der Waals surface area (Å²) in [5.41, 5.74) is 1.45. The van der Waals surface area contributed by atoms with Crippen LogP contribution in [0.5, 0.6) is 0 Å². The van der Waals surface area contributed by atoms with Gasteiger partial charge in [-0.3, -0.25) is 0 Å². The molecule has 1 aromatic rings. The smallest absolute Gasteiger partial charge is 0.207 e.